The Labute approximate surface area is 218 Å². The molecule has 0 heterocycles. The smallest absolute Gasteiger partial charge is 0.338 e. The fraction of sp³-hybridized carbons (Fsp3) is 0.286. The van der Waals surface area contributed by atoms with Crippen molar-refractivity contribution in [3.05, 3.63) is 57.6 Å². The number of carbonyl (C=O) groups is 4. The van der Waals surface area contributed by atoms with Crippen molar-refractivity contribution in [3.63, 3.8) is 0 Å². The van der Waals surface area contributed by atoms with E-state index in [4.69, 9.17) is 11.5 Å². The van der Waals surface area contributed by atoms with Gasteiger partial charge in [0.15, 0.2) is 0 Å². The molecule has 0 saturated heterocycles. The minimum absolute atomic E-state index is 0.212. The van der Waals surface area contributed by atoms with Crippen LogP contribution in [0.25, 0.3) is 21.9 Å². The van der Waals surface area contributed by atoms with Crippen LogP contribution in [0.2, 0.25) is 0 Å². The van der Waals surface area contributed by atoms with E-state index in [1.807, 2.05) is 47.6 Å². The maximum atomic E-state index is 12.8. The quantitative estimate of drug-likeness (QED) is 0.246. The van der Waals surface area contributed by atoms with Crippen molar-refractivity contribution >= 4 is 46.0 Å². The molecule has 10 heteroatoms. The predicted octanol–water partition coefficient (Wildman–Crippen LogP) is 5.06. The first kappa shape index (κ1) is 28.0. The average molecular weight is 523 g/mol. The third kappa shape index (κ3) is 4.49. The number of nitrogens with two attached hydrogens (primary N) is 2. The number of anilines is 2. The molecule has 10 nitrogen and oxygen atoms in total. The number of carboxylic acid groups (broad SMARTS) is 4. The zero-order valence-corrected chi connectivity index (χ0v) is 21.9. The first-order chi connectivity index (χ1) is 17.3. The summed E-state index contributed by atoms with van der Waals surface area (Å²) in [6.45, 7) is 11.7. The minimum atomic E-state index is -1.67. The molecule has 0 aliphatic rings. The van der Waals surface area contributed by atoms with E-state index in [1.54, 1.807) is 12.1 Å². The van der Waals surface area contributed by atoms with Gasteiger partial charge >= 0.3 is 23.9 Å². The van der Waals surface area contributed by atoms with Crippen molar-refractivity contribution in [2.45, 2.75) is 52.4 Å². The lowest BCUT2D eigenvalue weighted by Crippen LogP contribution is -2.20. The Bertz CT molecular complexity index is 1560. The lowest BCUT2D eigenvalue weighted by molar-refractivity contribution is 0.0676. The third-order valence-electron chi connectivity index (χ3n) is 6.48. The fourth-order valence-corrected chi connectivity index (χ4v) is 4.70. The monoisotopic (exact) mass is 522 g/mol. The summed E-state index contributed by atoms with van der Waals surface area (Å²) in [6.07, 6.45) is 0. The highest BCUT2D eigenvalue weighted by molar-refractivity contribution is 6.28. The summed E-state index contributed by atoms with van der Waals surface area (Å²) in [7, 11) is 0. The molecule has 0 unspecified atom stereocenters. The highest BCUT2D eigenvalue weighted by Gasteiger charge is 2.35. The van der Waals surface area contributed by atoms with Crippen LogP contribution >= 0.6 is 0 Å². The first-order valence-corrected chi connectivity index (χ1v) is 11.6. The summed E-state index contributed by atoms with van der Waals surface area (Å²) in [5.41, 5.74) is 9.15. The molecule has 200 valence electrons. The number of nitrogen functional groups attached to an aromatic ring is 2. The maximum Gasteiger partial charge on any atom is 0.338 e. The number of benzene rings is 3. The molecule has 0 aliphatic heterocycles. The van der Waals surface area contributed by atoms with Gasteiger partial charge < -0.3 is 31.9 Å². The first-order valence-electron chi connectivity index (χ1n) is 11.6. The number of hydrogen-bond acceptors (Lipinski definition) is 6. The van der Waals surface area contributed by atoms with E-state index in [0.29, 0.717) is 5.56 Å². The van der Waals surface area contributed by atoms with Crippen LogP contribution in [0.1, 0.15) is 94.1 Å². The second-order valence-corrected chi connectivity index (χ2v) is 11.2. The molecule has 0 atom stereocenters. The van der Waals surface area contributed by atoms with Gasteiger partial charge in [0, 0.05) is 22.0 Å². The van der Waals surface area contributed by atoms with Crippen molar-refractivity contribution in [3.8, 4) is 11.1 Å². The maximum absolute atomic E-state index is 12.8. The molecule has 3 rings (SSSR count). The highest BCUT2D eigenvalue weighted by Crippen LogP contribution is 2.46. The van der Waals surface area contributed by atoms with E-state index >= 15 is 0 Å². The summed E-state index contributed by atoms with van der Waals surface area (Å²) in [4.78, 5) is 49.7. The van der Waals surface area contributed by atoms with Crippen LogP contribution in [0.4, 0.5) is 11.4 Å². The Morgan fingerprint density at radius 2 is 1.18 bits per heavy atom. The molecule has 0 aromatic heterocycles. The Morgan fingerprint density at radius 3 is 1.61 bits per heavy atom. The van der Waals surface area contributed by atoms with Crippen molar-refractivity contribution < 1.29 is 39.6 Å². The van der Waals surface area contributed by atoms with E-state index in [2.05, 4.69) is 0 Å². The van der Waals surface area contributed by atoms with E-state index in [9.17, 15) is 39.6 Å². The molecule has 0 aliphatic carbocycles. The van der Waals surface area contributed by atoms with Crippen LogP contribution in [0.3, 0.4) is 0 Å². The molecule has 0 saturated carbocycles. The largest absolute Gasteiger partial charge is 0.478 e. The van der Waals surface area contributed by atoms with Gasteiger partial charge in [-0.3, -0.25) is 0 Å². The van der Waals surface area contributed by atoms with Crippen molar-refractivity contribution in [2.24, 2.45) is 0 Å². The number of rotatable bonds is 5. The van der Waals surface area contributed by atoms with Gasteiger partial charge in [-0.15, -0.1) is 0 Å². The van der Waals surface area contributed by atoms with Crippen LogP contribution in [-0.2, 0) is 10.8 Å². The second kappa shape index (κ2) is 9.05. The van der Waals surface area contributed by atoms with Crippen molar-refractivity contribution in [1.29, 1.82) is 0 Å². The third-order valence-corrected chi connectivity index (χ3v) is 6.48. The lowest BCUT2D eigenvalue weighted by atomic mass is 9.75. The van der Waals surface area contributed by atoms with Crippen LogP contribution in [0.5, 0.6) is 0 Å². The van der Waals surface area contributed by atoms with Gasteiger partial charge in [0.25, 0.3) is 0 Å². The van der Waals surface area contributed by atoms with Crippen molar-refractivity contribution in [2.75, 3.05) is 11.5 Å². The average Bonchev–Trinajstić information content (AvgIpc) is 2.75. The topological polar surface area (TPSA) is 201 Å². The zero-order chi connectivity index (χ0) is 29.1. The number of aromatic carboxylic acids is 4. The van der Waals surface area contributed by atoms with Crippen molar-refractivity contribution in [1.82, 2.24) is 0 Å². The summed E-state index contributed by atoms with van der Waals surface area (Å²) in [5.74, 6) is -6.57. The van der Waals surface area contributed by atoms with E-state index in [0.717, 1.165) is 11.6 Å². The summed E-state index contributed by atoms with van der Waals surface area (Å²) in [5, 5.41) is 39.1. The minimum Gasteiger partial charge on any atom is -0.478 e. The molecule has 0 fully saturated rings. The molecule has 8 N–H and O–H groups in total. The van der Waals surface area contributed by atoms with Gasteiger partial charge in [-0.1, -0.05) is 59.7 Å². The molecule has 0 spiro atoms. The Morgan fingerprint density at radius 1 is 0.658 bits per heavy atom. The summed E-state index contributed by atoms with van der Waals surface area (Å²) < 4.78 is 0. The van der Waals surface area contributed by atoms with E-state index in [-0.39, 0.29) is 16.5 Å². The van der Waals surface area contributed by atoms with Crippen LogP contribution < -0.4 is 11.5 Å². The molecule has 38 heavy (non-hydrogen) atoms. The highest BCUT2D eigenvalue weighted by atomic mass is 16.4. The van der Waals surface area contributed by atoms with Gasteiger partial charge in [0.2, 0.25) is 0 Å². The number of carboxylic acids is 4. The Hall–Kier alpha value is -4.60. The summed E-state index contributed by atoms with van der Waals surface area (Å²) >= 11 is 0. The van der Waals surface area contributed by atoms with E-state index in [1.165, 1.54) is 0 Å². The predicted molar refractivity (Wildman–Crippen MR) is 143 cm³/mol. The van der Waals surface area contributed by atoms with Gasteiger partial charge in [-0.2, -0.15) is 0 Å². The number of hydrogen-bond donors (Lipinski definition) is 6. The van der Waals surface area contributed by atoms with Crippen LogP contribution in [-0.4, -0.2) is 44.3 Å². The fourth-order valence-electron chi connectivity index (χ4n) is 4.70. The van der Waals surface area contributed by atoms with Crippen LogP contribution in [0.15, 0.2) is 24.3 Å². The lowest BCUT2D eigenvalue weighted by Gasteiger charge is -2.29. The molecular weight excluding hydrogens is 492 g/mol. The molecule has 0 radical (unpaired) electrons. The molecule has 0 bridgehead atoms. The molecule has 3 aromatic rings. The molecule has 0 amide bonds. The Kier molecular flexibility index (Phi) is 6.67. The van der Waals surface area contributed by atoms with Gasteiger partial charge in [-0.05, 0) is 33.6 Å². The Balaban J connectivity index is 2.81. The number of fused-ring (bicyclic) bond motifs is 1. The van der Waals surface area contributed by atoms with Gasteiger partial charge in [-0.25, -0.2) is 19.2 Å². The SMILES string of the molecule is CC(C)(C)c1ccc(-c2c(N)c(C(=O)O)c3c(C(=O)O)c(N)cc(C(=O)O)c3c2C(=O)O)c(C(C)(C)C)c1. The summed E-state index contributed by atoms with van der Waals surface area (Å²) in [6, 6.07) is 6.10. The second-order valence-electron chi connectivity index (χ2n) is 11.2. The molecular formula is C28H30N2O8. The normalized spacial score (nSPS) is 11.9. The van der Waals surface area contributed by atoms with Crippen LogP contribution in [0, 0.1) is 0 Å². The van der Waals surface area contributed by atoms with E-state index < -0.39 is 73.7 Å². The van der Waals surface area contributed by atoms with Gasteiger partial charge in [0.1, 0.15) is 0 Å². The molecule has 3 aromatic carbocycles. The van der Waals surface area contributed by atoms with Gasteiger partial charge in [0.05, 0.1) is 27.9 Å². The standard InChI is InChI=1S/C28H30N2O8/c1-27(2,3)11-7-8-12(14(9-11)28(4,5)6)17-20(25(35)36)16-13(23(31)32)10-15(29)18(24(33)34)19(16)21(22(17)30)26(37)38/h7-10H,29-30H2,1-6H3,(H,31,32)(H,33,34)(H,35,36)(H,37,38). The zero-order valence-electron chi connectivity index (χ0n) is 21.9.